The minimum atomic E-state index is -3.10. The number of halogens is 1. The molecule has 196 valence electrons. The number of nitrogens with one attached hydrogen (secondary N) is 1. The fourth-order valence-electron chi connectivity index (χ4n) is 4.09. The predicted molar refractivity (Wildman–Crippen MR) is 140 cm³/mol. The van der Waals surface area contributed by atoms with Gasteiger partial charge in [0.05, 0.1) is 30.3 Å². The zero-order valence-corrected chi connectivity index (χ0v) is 22.0. The number of nitrogens with zero attached hydrogens (tertiary/aromatic N) is 1. The summed E-state index contributed by atoms with van der Waals surface area (Å²) in [6.45, 7) is 0.822. The molecule has 0 aromatic heterocycles. The van der Waals surface area contributed by atoms with Crippen molar-refractivity contribution in [3.8, 4) is 0 Å². The quantitative estimate of drug-likeness (QED) is 0.450. The number of anilines is 2. The second-order valence-electron chi connectivity index (χ2n) is 9.11. The number of rotatable bonds is 11. The van der Waals surface area contributed by atoms with Crippen molar-refractivity contribution in [1.82, 2.24) is 5.32 Å². The fourth-order valence-corrected chi connectivity index (χ4v) is 4.69. The molecule has 0 bridgehead atoms. The highest BCUT2D eigenvalue weighted by molar-refractivity contribution is 7.90. The van der Waals surface area contributed by atoms with Gasteiger partial charge in [0.2, 0.25) is 5.91 Å². The molecule has 0 aliphatic heterocycles. The van der Waals surface area contributed by atoms with E-state index in [1.807, 2.05) is 30.3 Å². The van der Waals surface area contributed by atoms with Gasteiger partial charge in [-0.05, 0) is 73.9 Å². The van der Waals surface area contributed by atoms with Crippen molar-refractivity contribution in [2.75, 3.05) is 43.3 Å². The molecule has 36 heavy (non-hydrogen) atoms. The molecule has 3 rings (SSSR count). The van der Waals surface area contributed by atoms with E-state index in [2.05, 4.69) is 5.32 Å². The molecule has 1 fully saturated rings. The fraction of sp³-hybridized carbons (Fsp3) is 0.462. The molecule has 0 unspecified atom stereocenters. The Morgan fingerprint density at radius 3 is 2.14 bits per heavy atom. The van der Waals surface area contributed by atoms with Crippen LogP contribution in [0.1, 0.15) is 25.7 Å². The Kier molecular flexibility index (Phi) is 10.6. The zero-order valence-electron chi connectivity index (χ0n) is 20.4. The van der Waals surface area contributed by atoms with Crippen LogP contribution in [0.5, 0.6) is 0 Å². The van der Waals surface area contributed by atoms with E-state index in [1.165, 1.54) is 4.90 Å². The third kappa shape index (κ3) is 9.44. The van der Waals surface area contributed by atoms with E-state index >= 15 is 0 Å². The highest BCUT2D eigenvalue weighted by atomic mass is 35.5. The number of benzene rings is 2. The molecule has 10 heteroatoms. The third-order valence-electron chi connectivity index (χ3n) is 6.07. The van der Waals surface area contributed by atoms with Gasteiger partial charge < -0.3 is 14.8 Å². The zero-order chi connectivity index (χ0) is 26.0. The first kappa shape index (κ1) is 28.0. The second kappa shape index (κ2) is 13.6. The lowest BCUT2D eigenvalue weighted by molar-refractivity contribution is -0.126. The van der Waals surface area contributed by atoms with E-state index in [9.17, 15) is 18.0 Å². The number of sulfone groups is 1. The molecule has 1 aliphatic rings. The van der Waals surface area contributed by atoms with Gasteiger partial charge in [0.1, 0.15) is 16.4 Å². The molecule has 1 N–H and O–H groups in total. The van der Waals surface area contributed by atoms with Crippen molar-refractivity contribution < 1.29 is 27.5 Å². The number of amides is 2. The van der Waals surface area contributed by atoms with Crippen molar-refractivity contribution in [3.63, 3.8) is 0 Å². The summed E-state index contributed by atoms with van der Waals surface area (Å²) < 4.78 is 33.4. The summed E-state index contributed by atoms with van der Waals surface area (Å²) in [5.74, 6) is 0.210. The van der Waals surface area contributed by atoms with Crippen molar-refractivity contribution in [2.24, 2.45) is 11.8 Å². The number of carbonyl (C=O) groups is 2. The highest BCUT2D eigenvalue weighted by Crippen LogP contribution is 2.31. The van der Waals surface area contributed by atoms with Crippen LogP contribution in [-0.4, -0.2) is 58.8 Å². The molecule has 2 aromatic rings. The summed E-state index contributed by atoms with van der Waals surface area (Å²) in [6, 6.07) is 16.4. The van der Waals surface area contributed by atoms with Gasteiger partial charge in [0.25, 0.3) is 0 Å². The molecular formula is C26H33ClN2O6S. The van der Waals surface area contributed by atoms with Gasteiger partial charge >= 0.3 is 6.09 Å². The normalized spacial score (nSPS) is 17.8. The SMILES string of the molecule is CS(=O)(=O)CCNC(=O)COC[C@H]1CC[C@@H](COC(=O)N(c2ccccc2)c2ccc(Cl)cc2)CC1. The van der Waals surface area contributed by atoms with Gasteiger partial charge in [0.15, 0.2) is 0 Å². The molecule has 1 aliphatic carbocycles. The summed E-state index contributed by atoms with van der Waals surface area (Å²) in [6.07, 6.45) is 4.37. The van der Waals surface area contributed by atoms with Crippen molar-refractivity contribution in [1.29, 1.82) is 0 Å². The van der Waals surface area contributed by atoms with Crippen LogP contribution >= 0.6 is 11.6 Å². The average Bonchev–Trinajstić information content (AvgIpc) is 2.85. The van der Waals surface area contributed by atoms with Crippen LogP contribution in [0.25, 0.3) is 0 Å². The summed E-state index contributed by atoms with van der Waals surface area (Å²) in [4.78, 5) is 26.3. The number of ether oxygens (including phenoxy) is 2. The molecule has 2 aromatic carbocycles. The van der Waals surface area contributed by atoms with Gasteiger partial charge in [-0.15, -0.1) is 0 Å². The van der Waals surface area contributed by atoms with E-state index in [-0.39, 0.29) is 30.7 Å². The van der Waals surface area contributed by atoms with Gasteiger partial charge in [-0.2, -0.15) is 0 Å². The lowest BCUT2D eigenvalue weighted by Gasteiger charge is -2.29. The Morgan fingerprint density at radius 2 is 1.53 bits per heavy atom. The predicted octanol–water partition coefficient (Wildman–Crippen LogP) is 4.60. The first-order chi connectivity index (χ1) is 17.2. The number of para-hydroxylation sites is 1. The molecule has 0 spiro atoms. The van der Waals surface area contributed by atoms with E-state index in [0.29, 0.717) is 35.5 Å². The van der Waals surface area contributed by atoms with Crippen molar-refractivity contribution in [2.45, 2.75) is 25.7 Å². The van der Waals surface area contributed by atoms with Crippen LogP contribution in [0.15, 0.2) is 54.6 Å². The maximum absolute atomic E-state index is 13.1. The molecule has 0 saturated heterocycles. The summed E-state index contributed by atoms with van der Waals surface area (Å²) in [7, 11) is -3.10. The molecule has 0 heterocycles. The average molecular weight is 537 g/mol. The lowest BCUT2D eigenvalue weighted by atomic mass is 9.83. The third-order valence-corrected chi connectivity index (χ3v) is 7.27. The Hall–Kier alpha value is -2.62. The Labute approximate surface area is 217 Å². The number of hydrogen-bond acceptors (Lipinski definition) is 6. The van der Waals surface area contributed by atoms with E-state index in [4.69, 9.17) is 21.1 Å². The van der Waals surface area contributed by atoms with E-state index in [1.54, 1.807) is 24.3 Å². The minimum Gasteiger partial charge on any atom is -0.449 e. The van der Waals surface area contributed by atoms with Gasteiger partial charge in [-0.3, -0.25) is 4.79 Å². The van der Waals surface area contributed by atoms with Gasteiger partial charge in [-0.1, -0.05) is 29.8 Å². The van der Waals surface area contributed by atoms with Crippen LogP contribution in [0.4, 0.5) is 16.2 Å². The Bertz CT molecular complexity index is 1090. The molecule has 8 nitrogen and oxygen atoms in total. The lowest BCUT2D eigenvalue weighted by Crippen LogP contribution is -2.32. The van der Waals surface area contributed by atoms with E-state index < -0.39 is 15.9 Å². The van der Waals surface area contributed by atoms with Crippen molar-refractivity contribution >= 4 is 44.8 Å². The largest absolute Gasteiger partial charge is 0.449 e. The second-order valence-corrected chi connectivity index (χ2v) is 11.8. The Balaban J connectivity index is 1.40. The first-order valence-corrected chi connectivity index (χ1v) is 14.4. The topological polar surface area (TPSA) is 102 Å². The maximum atomic E-state index is 13.1. The molecule has 2 amide bonds. The molecule has 1 saturated carbocycles. The molecular weight excluding hydrogens is 504 g/mol. The summed E-state index contributed by atoms with van der Waals surface area (Å²) >= 11 is 6.02. The van der Waals surface area contributed by atoms with Crippen LogP contribution in [-0.2, 0) is 24.1 Å². The molecule has 0 radical (unpaired) electrons. The highest BCUT2D eigenvalue weighted by Gasteiger charge is 2.25. The standard InChI is InChI=1S/C26H33ClN2O6S/c1-36(32,33)16-15-28-25(30)19-34-17-20-7-9-21(10-8-20)18-35-26(31)29(23-5-3-2-4-6-23)24-13-11-22(27)12-14-24/h2-6,11-14,20-21H,7-10,15-19H2,1H3,(H,28,30)/t20-,21+. The summed E-state index contributed by atoms with van der Waals surface area (Å²) in [5, 5.41) is 3.14. The maximum Gasteiger partial charge on any atom is 0.418 e. The van der Waals surface area contributed by atoms with Gasteiger partial charge in [-0.25, -0.2) is 18.1 Å². The van der Waals surface area contributed by atoms with Crippen LogP contribution in [0.3, 0.4) is 0 Å². The van der Waals surface area contributed by atoms with E-state index in [0.717, 1.165) is 31.9 Å². The van der Waals surface area contributed by atoms with Crippen LogP contribution < -0.4 is 10.2 Å². The minimum absolute atomic E-state index is 0.0820. The number of carbonyl (C=O) groups excluding carboxylic acids is 2. The first-order valence-electron chi connectivity index (χ1n) is 12.0. The summed E-state index contributed by atoms with van der Waals surface area (Å²) in [5.41, 5.74) is 1.39. The van der Waals surface area contributed by atoms with Crippen LogP contribution in [0.2, 0.25) is 5.02 Å². The van der Waals surface area contributed by atoms with Gasteiger partial charge in [0, 0.05) is 17.8 Å². The number of hydrogen-bond donors (Lipinski definition) is 1. The monoisotopic (exact) mass is 536 g/mol. The Morgan fingerprint density at radius 1 is 0.944 bits per heavy atom. The smallest absolute Gasteiger partial charge is 0.418 e. The van der Waals surface area contributed by atoms with Crippen LogP contribution in [0, 0.1) is 11.8 Å². The molecule has 0 atom stereocenters. The van der Waals surface area contributed by atoms with Crippen molar-refractivity contribution in [3.05, 3.63) is 59.6 Å².